The molecular weight excluding hydrogens is 402 g/mol. The highest BCUT2D eigenvalue weighted by molar-refractivity contribution is 5.76. The first-order valence-corrected chi connectivity index (χ1v) is 11.3. The fraction of sp³-hybridized carbons (Fsp3) is 0.385. The lowest BCUT2D eigenvalue weighted by molar-refractivity contribution is -0.121. The summed E-state index contributed by atoms with van der Waals surface area (Å²) in [5, 5.41) is 3.03. The van der Waals surface area contributed by atoms with Crippen molar-refractivity contribution in [3.8, 4) is 34.1 Å². The highest BCUT2D eigenvalue weighted by atomic mass is 16.5. The van der Waals surface area contributed by atoms with Gasteiger partial charge in [0.1, 0.15) is 17.3 Å². The number of ether oxygens (including phenoxy) is 2. The smallest absolute Gasteiger partial charge is 0.220 e. The van der Waals surface area contributed by atoms with Crippen molar-refractivity contribution in [2.45, 2.75) is 52.0 Å². The Morgan fingerprint density at radius 2 is 1.88 bits per heavy atom. The first kappa shape index (κ1) is 23.4. The lowest BCUT2D eigenvalue weighted by atomic mass is 10.1. The third kappa shape index (κ3) is 6.36. The van der Waals surface area contributed by atoms with E-state index >= 15 is 0 Å². The molecule has 6 nitrogen and oxygen atoms in total. The van der Waals surface area contributed by atoms with Crippen molar-refractivity contribution in [2.24, 2.45) is 0 Å². The number of nitrogens with one attached hydrogen (secondary N) is 2. The fourth-order valence-electron chi connectivity index (χ4n) is 3.64. The predicted octanol–water partition coefficient (Wildman–Crippen LogP) is 5.74. The molecule has 2 aromatic carbocycles. The van der Waals surface area contributed by atoms with Crippen molar-refractivity contribution in [2.75, 3.05) is 14.2 Å². The molecule has 32 heavy (non-hydrogen) atoms. The van der Waals surface area contributed by atoms with Crippen LogP contribution in [0.5, 0.6) is 11.5 Å². The summed E-state index contributed by atoms with van der Waals surface area (Å²) in [5.41, 5.74) is 3.73. The van der Waals surface area contributed by atoms with Crippen LogP contribution in [0.1, 0.15) is 51.0 Å². The number of amides is 1. The second kappa shape index (κ2) is 11.9. The van der Waals surface area contributed by atoms with Crippen molar-refractivity contribution in [3.63, 3.8) is 0 Å². The van der Waals surface area contributed by atoms with Crippen molar-refractivity contribution < 1.29 is 14.3 Å². The zero-order chi connectivity index (χ0) is 22.8. The van der Waals surface area contributed by atoms with E-state index in [2.05, 4.69) is 22.2 Å². The van der Waals surface area contributed by atoms with Crippen LogP contribution in [0.3, 0.4) is 0 Å². The molecule has 3 aromatic rings. The van der Waals surface area contributed by atoms with Gasteiger partial charge in [0.25, 0.3) is 0 Å². The molecular formula is C26H33N3O3. The zero-order valence-electron chi connectivity index (χ0n) is 19.2. The number of carbonyl (C=O) groups is 1. The number of rotatable bonds is 12. The topological polar surface area (TPSA) is 76.2 Å². The van der Waals surface area contributed by atoms with Gasteiger partial charge in [-0.15, -0.1) is 0 Å². The van der Waals surface area contributed by atoms with Crippen molar-refractivity contribution in [1.29, 1.82) is 0 Å². The van der Waals surface area contributed by atoms with Gasteiger partial charge in [0.05, 0.1) is 26.1 Å². The summed E-state index contributed by atoms with van der Waals surface area (Å²) in [4.78, 5) is 20.1. The van der Waals surface area contributed by atoms with E-state index in [4.69, 9.17) is 9.47 Å². The molecule has 3 rings (SSSR count). The van der Waals surface area contributed by atoms with E-state index in [0.29, 0.717) is 13.0 Å². The van der Waals surface area contributed by atoms with Crippen LogP contribution in [-0.4, -0.2) is 30.1 Å². The highest BCUT2D eigenvalue weighted by Crippen LogP contribution is 2.33. The molecule has 1 amide bonds. The molecule has 2 N–H and O–H groups in total. The highest BCUT2D eigenvalue weighted by Gasteiger charge is 2.12. The summed E-state index contributed by atoms with van der Waals surface area (Å²) in [6.07, 6.45) is 8.12. The molecule has 0 aliphatic heterocycles. The second-order valence-corrected chi connectivity index (χ2v) is 7.85. The third-order valence-corrected chi connectivity index (χ3v) is 5.47. The Bertz CT molecular complexity index is 1010. The van der Waals surface area contributed by atoms with Gasteiger partial charge in [-0.2, -0.15) is 0 Å². The third-order valence-electron chi connectivity index (χ3n) is 5.47. The summed E-state index contributed by atoms with van der Waals surface area (Å²) >= 11 is 0. The summed E-state index contributed by atoms with van der Waals surface area (Å²) in [5.74, 6) is 2.36. The number of carbonyl (C=O) groups excluding carboxylic acids is 1. The minimum absolute atomic E-state index is 0.109. The Kier molecular flexibility index (Phi) is 8.72. The van der Waals surface area contributed by atoms with Crippen LogP contribution >= 0.6 is 0 Å². The molecule has 0 saturated carbocycles. The molecule has 0 bridgehead atoms. The van der Waals surface area contributed by atoms with E-state index in [-0.39, 0.29) is 5.91 Å². The Morgan fingerprint density at radius 3 is 2.66 bits per heavy atom. The van der Waals surface area contributed by atoms with E-state index < -0.39 is 0 Å². The van der Waals surface area contributed by atoms with Gasteiger partial charge in [0.2, 0.25) is 5.91 Å². The maximum Gasteiger partial charge on any atom is 0.220 e. The van der Waals surface area contributed by atoms with Crippen molar-refractivity contribution in [1.82, 2.24) is 15.3 Å². The van der Waals surface area contributed by atoms with E-state index in [1.807, 2.05) is 42.5 Å². The molecule has 0 aliphatic rings. The van der Waals surface area contributed by atoms with Crippen LogP contribution in [0, 0.1) is 0 Å². The number of aromatic nitrogens is 2. The van der Waals surface area contributed by atoms with Crippen LogP contribution < -0.4 is 14.8 Å². The summed E-state index contributed by atoms with van der Waals surface area (Å²) in [6.45, 7) is 2.71. The molecule has 0 atom stereocenters. The number of aromatic amines is 1. The Hall–Kier alpha value is -3.28. The maximum atomic E-state index is 12.1. The molecule has 1 aromatic heterocycles. The number of hydrogen-bond donors (Lipinski definition) is 2. The number of hydrogen-bond acceptors (Lipinski definition) is 4. The number of H-pyrrole nitrogens is 1. The van der Waals surface area contributed by atoms with E-state index in [9.17, 15) is 4.79 Å². The van der Waals surface area contributed by atoms with Crippen LogP contribution in [-0.2, 0) is 11.3 Å². The minimum atomic E-state index is 0.109. The molecule has 6 heteroatoms. The van der Waals surface area contributed by atoms with Crippen LogP contribution in [0.2, 0.25) is 0 Å². The largest absolute Gasteiger partial charge is 0.497 e. The number of unbranched alkanes of at least 4 members (excludes halogenated alkanes) is 4. The lowest BCUT2D eigenvalue weighted by Crippen LogP contribution is -2.22. The Balaban J connectivity index is 1.64. The summed E-state index contributed by atoms with van der Waals surface area (Å²) in [7, 11) is 3.28. The standard InChI is InChI=1S/C26H33N3O3/c1-4-5-6-7-8-12-25(30)27-17-19-10-9-11-20(15-19)26-28-18-23(29-26)22-16-21(31-2)13-14-24(22)32-3/h9-11,13-16,18H,4-8,12,17H2,1-3H3,(H,27,30)(H,28,29). The molecule has 0 aliphatic carbocycles. The van der Waals surface area contributed by atoms with E-state index in [1.54, 1.807) is 20.4 Å². The molecule has 0 radical (unpaired) electrons. The molecule has 1 heterocycles. The van der Waals surface area contributed by atoms with Gasteiger partial charge in [-0.3, -0.25) is 4.79 Å². The van der Waals surface area contributed by atoms with Gasteiger partial charge >= 0.3 is 0 Å². The van der Waals surface area contributed by atoms with Crippen LogP contribution in [0.4, 0.5) is 0 Å². The quantitative estimate of drug-likeness (QED) is 0.356. The normalized spacial score (nSPS) is 10.7. The summed E-state index contributed by atoms with van der Waals surface area (Å²) < 4.78 is 10.8. The minimum Gasteiger partial charge on any atom is -0.497 e. The molecule has 0 spiro atoms. The van der Waals surface area contributed by atoms with Gasteiger partial charge in [-0.25, -0.2) is 4.98 Å². The van der Waals surface area contributed by atoms with Crippen LogP contribution in [0.25, 0.3) is 22.6 Å². The zero-order valence-corrected chi connectivity index (χ0v) is 19.2. The average molecular weight is 436 g/mol. The predicted molar refractivity (Wildman–Crippen MR) is 128 cm³/mol. The number of nitrogens with zero attached hydrogens (tertiary/aromatic N) is 1. The molecule has 0 unspecified atom stereocenters. The van der Waals surface area contributed by atoms with Crippen molar-refractivity contribution in [3.05, 3.63) is 54.2 Å². The van der Waals surface area contributed by atoms with Gasteiger partial charge in [0, 0.05) is 24.1 Å². The van der Waals surface area contributed by atoms with E-state index in [1.165, 1.54) is 19.3 Å². The monoisotopic (exact) mass is 435 g/mol. The summed E-state index contributed by atoms with van der Waals surface area (Å²) in [6, 6.07) is 13.7. The van der Waals surface area contributed by atoms with Crippen molar-refractivity contribution >= 4 is 5.91 Å². The van der Waals surface area contributed by atoms with Gasteiger partial charge in [-0.05, 0) is 36.2 Å². The molecule has 0 fully saturated rings. The second-order valence-electron chi connectivity index (χ2n) is 7.85. The number of benzene rings is 2. The lowest BCUT2D eigenvalue weighted by Gasteiger charge is -2.09. The van der Waals surface area contributed by atoms with Gasteiger partial charge < -0.3 is 19.8 Å². The van der Waals surface area contributed by atoms with Crippen LogP contribution in [0.15, 0.2) is 48.7 Å². The van der Waals surface area contributed by atoms with Gasteiger partial charge in [-0.1, -0.05) is 50.8 Å². The molecule has 170 valence electrons. The average Bonchev–Trinajstić information content (AvgIpc) is 3.32. The molecule has 0 saturated heterocycles. The first-order valence-electron chi connectivity index (χ1n) is 11.3. The Labute approximate surface area is 190 Å². The maximum absolute atomic E-state index is 12.1. The van der Waals surface area contributed by atoms with Gasteiger partial charge in [0.15, 0.2) is 0 Å². The number of methoxy groups -OCH3 is 2. The first-order chi connectivity index (χ1) is 15.6. The SMILES string of the molecule is CCCCCCCC(=O)NCc1cccc(-c2ncc(-c3cc(OC)ccc3OC)[nH]2)c1. The fourth-order valence-corrected chi connectivity index (χ4v) is 3.64. The number of imidazole rings is 1. The van der Waals surface area contributed by atoms with E-state index in [0.717, 1.165) is 52.5 Å². The Morgan fingerprint density at radius 1 is 1.03 bits per heavy atom.